The Bertz CT molecular complexity index is 4370. The molecule has 0 aliphatic carbocycles. The standard InChI is InChI=1S/C62H62N12O18P2/c1-34(2)56(76)69-60-68-55-52(59(79)70-60)66-33-74(55)50-26-44(92-93(81)86-29-45-42(75)24-48(88-45)72-27-35(3)57(77)71-61(72)80)47(90-50)30-87-94(82)91-43-25-49(73-32-65-51-53(63-31-64-54(51)73)67-58(78)36-12-8-6-9-13-36)89-46(43)28-85-62(37-14-10-7-11-15-37,38-16-20-40(83-4)21-17-38)39-18-22-41(84-5)23-19-39/h6-23,27,31-34,42-50,75H,24-26,28-30H2,1-5H3,(H2-2,63,64,67,68,69,70,71,76,77,78,79,80)/p+2/t42-,43-,44-,45+,46+,47+,48+,49+,50+/m0/s1. The summed E-state index contributed by atoms with van der Waals surface area (Å²) in [7, 11) is -3.04. The van der Waals surface area contributed by atoms with Crippen LogP contribution in [0.3, 0.4) is 0 Å². The van der Waals surface area contributed by atoms with E-state index in [1.54, 1.807) is 63.0 Å². The number of nitrogens with zero attached hydrogens (tertiary/aromatic N) is 8. The number of aryl methyl sites for hydroxylation is 1. The number of hydrogen-bond donors (Lipinski definition) is 5. The summed E-state index contributed by atoms with van der Waals surface area (Å²) >= 11 is 0. The molecule has 9 aromatic rings. The smallest absolute Gasteiger partial charge is 0.497 e. The quantitative estimate of drug-likeness (QED) is 0.0283. The maximum Gasteiger partial charge on any atom is 0.697 e. The summed E-state index contributed by atoms with van der Waals surface area (Å²) in [6.45, 7) is 3.63. The van der Waals surface area contributed by atoms with E-state index in [-0.39, 0.29) is 65.5 Å². The van der Waals surface area contributed by atoms with Gasteiger partial charge in [-0.2, -0.15) is 4.98 Å². The minimum atomic E-state index is -3.12. The Morgan fingerprint density at radius 3 is 1.80 bits per heavy atom. The highest BCUT2D eigenvalue weighted by atomic mass is 31.1. The number of aliphatic hydroxyl groups excluding tert-OH is 1. The predicted molar refractivity (Wildman–Crippen MR) is 334 cm³/mol. The third-order valence-corrected chi connectivity index (χ3v) is 17.8. The summed E-state index contributed by atoms with van der Waals surface area (Å²) in [5.74, 6) is -0.117. The van der Waals surface area contributed by atoms with Crippen molar-refractivity contribution in [2.75, 3.05) is 44.7 Å². The van der Waals surface area contributed by atoms with Crippen LogP contribution in [0.1, 0.15) is 84.4 Å². The van der Waals surface area contributed by atoms with Crippen molar-refractivity contribution in [3.8, 4) is 11.5 Å². The summed E-state index contributed by atoms with van der Waals surface area (Å²) in [4.78, 5) is 91.1. The van der Waals surface area contributed by atoms with Gasteiger partial charge in [-0.1, -0.05) is 86.6 Å². The molecule has 0 spiro atoms. The van der Waals surface area contributed by atoms with Crippen LogP contribution in [0.15, 0.2) is 149 Å². The molecule has 5 N–H and O–H groups in total. The molecule has 0 radical (unpaired) electrons. The SMILES string of the molecule is COc1ccc(C(OC[C@H]2O[C@@H](n3cnc4c(NC(=O)c5ccccc5)ncnc43)C[C@@H]2O[P+](=O)OC[C@H]2O[C@@H](n3cnc4c(=O)[nH]c(NC(=O)C(C)C)nc43)C[C@@H]2O[P+](=O)OC[C@H]2O[C@@H](n3cc(C)c(=O)[nH]c3=O)C[C@@H]2O)(c2ccccc2)c2ccc(OC)cc2)cc1. The fraction of sp³-hybridized carbons (Fsp3) is 0.355. The zero-order valence-corrected chi connectivity index (χ0v) is 52.9. The summed E-state index contributed by atoms with van der Waals surface area (Å²) < 4.78 is 94.4. The Labute approximate surface area is 535 Å². The van der Waals surface area contributed by atoms with Crippen LogP contribution in [0.2, 0.25) is 0 Å². The monoisotopic (exact) mass is 1330 g/mol. The summed E-state index contributed by atoms with van der Waals surface area (Å²) in [6.07, 6.45) is -4.53. The zero-order valence-electron chi connectivity index (χ0n) is 51.1. The normalized spacial score (nSPS) is 21.6. The Kier molecular flexibility index (Phi) is 19.5. The molecule has 8 heterocycles. The molecular formula is C62H64N12O18P2+2. The number of anilines is 2. The minimum Gasteiger partial charge on any atom is -0.497 e. The molecule has 2 unspecified atom stereocenters. The van der Waals surface area contributed by atoms with Crippen molar-refractivity contribution < 1.29 is 70.3 Å². The number of aromatic amines is 2. The van der Waals surface area contributed by atoms with Crippen LogP contribution in [0, 0.1) is 12.8 Å². The van der Waals surface area contributed by atoms with Gasteiger partial charge in [-0.3, -0.25) is 48.2 Å². The Hall–Kier alpha value is -9.16. The topological polar surface area (TPSA) is 367 Å². The number of amides is 2. The summed E-state index contributed by atoms with van der Waals surface area (Å²) in [5, 5.41) is 16.4. The second-order valence-electron chi connectivity index (χ2n) is 22.5. The van der Waals surface area contributed by atoms with Gasteiger partial charge in [0.15, 0.2) is 28.1 Å². The van der Waals surface area contributed by atoms with Crippen molar-refractivity contribution in [3.63, 3.8) is 0 Å². The highest BCUT2D eigenvalue weighted by molar-refractivity contribution is 7.33. The van der Waals surface area contributed by atoms with Gasteiger partial charge in [-0.15, -0.1) is 18.1 Å². The number of nitrogens with one attached hydrogen (secondary N) is 4. The second kappa shape index (κ2) is 28.2. The molecule has 94 heavy (non-hydrogen) atoms. The molecule has 3 saturated heterocycles. The van der Waals surface area contributed by atoms with E-state index >= 15 is 0 Å². The predicted octanol–water partition coefficient (Wildman–Crippen LogP) is 7.03. The number of fused-ring (bicyclic) bond motifs is 2. The van der Waals surface area contributed by atoms with E-state index in [1.807, 2.05) is 78.9 Å². The number of rotatable bonds is 25. The van der Waals surface area contributed by atoms with E-state index in [9.17, 15) is 38.2 Å². The van der Waals surface area contributed by atoms with Crippen LogP contribution >= 0.6 is 16.5 Å². The van der Waals surface area contributed by atoms with Gasteiger partial charge in [0.1, 0.15) is 85.8 Å². The highest BCUT2D eigenvalue weighted by Gasteiger charge is 2.50. The molecule has 5 aromatic heterocycles. The molecule has 11 atom stereocenters. The van der Waals surface area contributed by atoms with Crippen molar-refractivity contribution in [2.45, 2.75) is 101 Å². The van der Waals surface area contributed by atoms with E-state index in [1.165, 1.54) is 36.7 Å². The molecule has 12 rings (SSSR count). The van der Waals surface area contributed by atoms with Crippen LogP contribution in [-0.2, 0) is 56.6 Å². The molecule has 30 nitrogen and oxygen atoms in total. The van der Waals surface area contributed by atoms with E-state index in [0.29, 0.717) is 28.2 Å². The number of H-pyrrole nitrogens is 2. The van der Waals surface area contributed by atoms with Crippen LogP contribution in [0.5, 0.6) is 11.5 Å². The van der Waals surface area contributed by atoms with Crippen molar-refractivity contribution in [3.05, 3.63) is 193 Å². The largest absolute Gasteiger partial charge is 0.697 e. The zero-order chi connectivity index (χ0) is 65.8. The third-order valence-electron chi connectivity index (χ3n) is 16.2. The second-order valence-corrected chi connectivity index (χ2v) is 24.4. The van der Waals surface area contributed by atoms with Gasteiger partial charge in [0.25, 0.3) is 17.0 Å². The number of aliphatic hydroxyl groups is 1. The van der Waals surface area contributed by atoms with Gasteiger partial charge in [0.2, 0.25) is 11.9 Å². The van der Waals surface area contributed by atoms with E-state index in [4.69, 9.17) is 46.5 Å². The van der Waals surface area contributed by atoms with E-state index in [2.05, 4.69) is 45.5 Å². The van der Waals surface area contributed by atoms with Gasteiger partial charge >= 0.3 is 22.2 Å². The Morgan fingerprint density at radius 2 is 1.19 bits per heavy atom. The molecular weight excluding hydrogens is 1260 g/mol. The van der Waals surface area contributed by atoms with Crippen LogP contribution in [-0.4, -0.2) is 136 Å². The first kappa shape index (κ1) is 64.9. The van der Waals surface area contributed by atoms with Crippen molar-refractivity contribution in [2.24, 2.45) is 5.92 Å². The van der Waals surface area contributed by atoms with Gasteiger partial charge in [-0.25, -0.2) is 24.7 Å². The average Bonchev–Trinajstić information content (AvgIpc) is 1.34. The average molecular weight is 1330 g/mol. The number of benzene rings is 4. The molecule has 32 heteroatoms. The maximum atomic E-state index is 14.6. The molecule has 3 fully saturated rings. The van der Waals surface area contributed by atoms with Crippen LogP contribution < -0.4 is 36.9 Å². The first-order chi connectivity index (χ1) is 45.5. The lowest BCUT2D eigenvalue weighted by molar-refractivity contribution is -0.118. The van der Waals surface area contributed by atoms with Gasteiger partial charge in [0.05, 0.1) is 39.6 Å². The van der Waals surface area contributed by atoms with Crippen molar-refractivity contribution in [1.82, 2.24) is 48.6 Å². The molecule has 3 aliphatic rings. The van der Waals surface area contributed by atoms with E-state index in [0.717, 1.165) is 10.1 Å². The number of hydrogen-bond acceptors (Lipinski definition) is 23. The highest BCUT2D eigenvalue weighted by Crippen LogP contribution is 2.46. The lowest BCUT2D eigenvalue weighted by Crippen LogP contribution is -2.38. The number of methoxy groups -OCH3 is 2. The molecule has 0 saturated carbocycles. The summed E-state index contributed by atoms with van der Waals surface area (Å²) in [6, 6.07) is 33.1. The molecule has 3 aliphatic heterocycles. The molecule has 4 aromatic carbocycles. The maximum absolute atomic E-state index is 14.6. The third kappa shape index (κ3) is 13.8. The number of carbonyl (C=O) groups is 2. The number of imidazole rings is 2. The number of ether oxygens (including phenoxy) is 6. The van der Waals surface area contributed by atoms with E-state index < -0.39 is 125 Å². The van der Waals surface area contributed by atoms with Crippen molar-refractivity contribution in [1.29, 1.82) is 0 Å². The lowest BCUT2D eigenvalue weighted by Gasteiger charge is -2.37. The van der Waals surface area contributed by atoms with Crippen LogP contribution in [0.25, 0.3) is 22.3 Å². The number of carbonyl (C=O) groups excluding carboxylic acids is 2. The number of aromatic nitrogens is 10. The van der Waals surface area contributed by atoms with Gasteiger partial charge in [-0.05, 0) is 60.0 Å². The molecule has 0 bridgehead atoms. The Balaban J connectivity index is 0.823. The fourth-order valence-electron chi connectivity index (χ4n) is 11.3. The van der Waals surface area contributed by atoms with Crippen LogP contribution in [0.4, 0.5) is 11.8 Å². The molecule has 488 valence electrons. The van der Waals surface area contributed by atoms with Gasteiger partial charge < -0.3 is 38.8 Å². The first-order valence-corrected chi connectivity index (χ1v) is 32.0. The molecule has 2 amide bonds. The fourth-order valence-corrected chi connectivity index (χ4v) is 12.9. The van der Waals surface area contributed by atoms with Gasteiger partial charge in [0, 0.05) is 51.6 Å². The summed E-state index contributed by atoms with van der Waals surface area (Å²) in [5.41, 5.74) is -0.101. The Morgan fingerprint density at radius 1 is 0.649 bits per heavy atom. The lowest BCUT2D eigenvalue weighted by atomic mass is 9.80. The first-order valence-electron chi connectivity index (χ1n) is 29.8. The minimum absolute atomic E-state index is 0.00601. The van der Waals surface area contributed by atoms with Crippen molar-refractivity contribution >= 4 is 62.4 Å².